The Bertz CT molecular complexity index is 197. The van der Waals surface area contributed by atoms with Gasteiger partial charge in [0.25, 0.3) is 0 Å². The number of nitrogens with zero attached hydrogens (tertiary/aromatic N) is 3. The number of hydrogen-bond donors (Lipinski definition) is 3. The van der Waals surface area contributed by atoms with E-state index in [9.17, 15) is 0 Å². The van der Waals surface area contributed by atoms with Gasteiger partial charge in [-0.15, -0.1) is 0 Å². The van der Waals surface area contributed by atoms with Gasteiger partial charge in [-0.2, -0.15) is 4.99 Å². The average molecular weight is 186 g/mol. The highest BCUT2D eigenvalue weighted by Crippen LogP contribution is 1.84. The summed E-state index contributed by atoms with van der Waals surface area (Å²) in [4.78, 5) is 7.41. The predicted octanol–water partition coefficient (Wildman–Crippen LogP) is -1.31. The zero-order chi connectivity index (χ0) is 10.4. The van der Waals surface area contributed by atoms with Crippen LogP contribution in [0.1, 0.15) is 0 Å². The molecule has 6 heteroatoms. The van der Waals surface area contributed by atoms with E-state index in [4.69, 9.17) is 16.9 Å². The topological polar surface area (TPSA) is 94.7 Å². The van der Waals surface area contributed by atoms with Crippen molar-refractivity contribution in [1.29, 1.82) is 5.41 Å². The highest BCUT2D eigenvalue weighted by Gasteiger charge is 2.01. The molecule has 0 radical (unpaired) electrons. The van der Waals surface area contributed by atoms with Crippen molar-refractivity contribution in [3.8, 4) is 0 Å². The molecule has 13 heavy (non-hydrogen) atoms. The van der Waals surface area contributed by atoms with Crippen molar-refractivity contribution in [3.63, 3.8) is 0 Å². The summed E-state index contributed by atoms with van der Waals surface area (Å²) in [6.45, 7) is 1.64. The fraction of sp³-hybridized carbons (Fsp3) is 0.714. The molecule has 0 aliphatic rings. The largest absolute Gasteiger partial charge is 0.369 e. The van der Waals surface area contributed by atoms with Crippen molar-refractivity contribution in [2.24, 2.45) is 16.5 Å². The van der Waals surface area contributed by atoms with Gasteiger partial charge in [-0.25, -0.2) is 0 Å². The molecular weight excluding hydrogens is 168 g/mol. The van der Waals surface area contributed by atoms with E-state index >= 15 is 0 Å². The Kier molecular flexibility index (Phi) is 4.83. The number of nitrogens with one attached hydrogen (secondary N) is 1. The summed E-state index contributed by atoms with van der Waals surface area (Å²) in [7, 11) is 5.77. The SMILES string of the molecule is CN(C)CCN(C)/C(N)=N/C(=N)N. The van der Waals surface area contributed by atoms with E-state index in [-0.39, 0.29) is 11.9 Å². The molecular formula is C7H18N6. The summed E-state index contributed by atoms with van der Waals surface area (Å²) in [6, 6.07) is 0. The highest BCUT2D eigenvalue weighted by atomic mass is 15.3. The maximum atomic E-state index is 6.91. The maximum Gasteiger partial charge on any atom is 0.215 e. The quantitative estimate of drug-likeness (QED) is 0.376. The average Bonchev–Trinajstić information content (AvgIpc) is 1.98. The van der Waals surface area contributed by atoms with Crippen LogP contribution in [0.2, 0.25) is 0 Å². The Morgan fingerprint density at radius 3 is 2.15 bits per heavy atom. The van der Waals surface area contributed by atoms with Gasteiger partial charge in [-0.1, -0.05) is 0 Å². The minimum absolute atomic E-state index is 0.269. The van der Waals surface area contributed by atoms with E-state index in [0.717, 1.165) is 13.1 Å². The first kappa shape index (κ1) is 11.7. The molecule has 0 aromatic heterocycles. The van der Waals surface area contributed by atoms with E-state index < -0.39 is 0 Å². The lowest BCUT2D eigenvalue weighted by Crippen LogP contribution is -2.39. The standard InChI is InChI=1S/C7H18N6/c1-12(2)4-5-13(3)7(10)11-6(8)9/h4-5H2,1-3H3,(H5,8,9,10,11). The van der Waals surface area contributed by atoms with Gasteiger partial charge < -0.3 is 21.3 Å². The van der Waals surface area contributed by atoms with Gasteiger partial charge in [0.1, 0.15) is 0 Å². The lowest BCUT2D eigenvalue weighted by Gasteiger charge is -2.19. The molecule has 0 atom stereocenters. The van der Waals surface area contributed by atoms with Gasteiger partial charge in [0.15, 0.2) is 5.96 Å². The first-order valence-electron chi connectivity index (χ1n) is 3.97. The third-order valence-corrected chi connectivity index (χ3v) is 1.51. The molecule has 0 fully saturated rings. The Labute approximate surface area is 78.7 Å². The van der Waals surface area contributed by atoms with E-state index in [1.54, 1.807) is 4.90 Å². The Morgan fingerprint density at radius 2 is 1.77 bits per heavy atom. The summed E-state index contributed by atoms with van der Waals surface area (Å²) in [5, 5.41) is 6.91. The molecule has 0 aliphatic heterocycles. The summed E-state index contributed by atoms with van der Waals surface area (Å²) >= 11 is 0. The van der Waals surface area contributed by atoms with Crippen molar-refractivity contribution < 1.29 is 0 Å². The molecule has 0 heterocycles. The second kappa shape index (κ2) is 5.36. The zero-order valence-electron chi connectivity index (χ0n) is 8.41. The van der Waals surface area contributed by atoms with Crippen molar-refractivity contribution in [3.05, 3.63) is 0 Å². The van der Waals surface area contributed by atoms with Crippen LogP contribution < -0.4 is 11.5 Å². The fourth-order valence-corrected chi connectivity index (χ4v) is 0.673. The molecule has 0 bridgehead atoms. The predicted molar refractivity (Wildman–Crippen MR) is 54.7 cm³/mol. The number of nitrogens with two attached hydrogens (primary N) is 2. The van der Waals surface area contributed by atoms with Crippen LogP contribution in [-0.4, -0.2) is 56.0 Å². The fourth-order valence-electron chi connectivity index (χ4n) is 0.673. The zero-order valence-corrected chi connectivity index (χ0v) is 8.41. The van der Waals surface area contributed by atoms with Crippen LogP contribution in [0.4, 0.5) is 0 Å². The molecule has 76 valence electrons. The number of likely N-dealkylation sites (N-methyl/N-ethyl adjacent to an activating group) is 2. The van der Waals surface area contributed by atoms with Gasteiger partial charge in [-0.05, 0) is 14.1 Å². The van der Waals surface area contributed by atoms with Crippen LogP contribution in [-0.2, 0) is 0 Å². The summed E-state index contributed by atoms with van der Waals surface area (Å²) in [5.74, 6) is 0.00329. The van der Waals surface area contributed by atoms with Gasteiger partial charge in [0.2, 0.25) is 5.96 Å². The van der Waals surface area contributed by atoms with Crippen LogP contribution in [0.3, 0.4) is 0 Å². The molecule has 0 spiro atoms. The van der Waals surface area contributed by atoms with E-state index in [1.807, 2.05) is 26.0 Å². The second-order valence-corrected chi connectivity index (χ2v) is 3.08. The third-order valence-electron chi connectivity index (χ3n) is 1.51. The van der Waals surface area contributed by atoms with E-state index in [2.05, 4.69) is 4.99 Å². The molecule has 0 saturated carbocycles. The summed E-state index contributed by atoms with van der Waals surface area (Å²) < 4.78 is 0. The maximum absolute atomic E-state index is 6.91. The van der Waals surface area contributed by atoms with E-state index in [1.165, 1.54) is 0 Å². The Hall–Kier alpha value is -1.30. The van der Waals surface area contributed by atoms with Gasteiger partial charge in [0.05, 0.1) is 0 Å². The first-order valence-corrected chi connectivity index (χ1v) is 3.97. The lowest BCUT2D eigenvalue weighted by molar-refractivity contribution is 0.355. The number of aliphatic imine (C=N–C) groups is 1. The van der Waals surface area contributed by atoms with Crippen LogP contribution >= 0.6 is 0 Å². The number of hydrogen-bond acceptors (Lipinski definition) is 2. The molecule has 0 unspecified atom stereocenters. The van der Waals surface area contributed by atoms with E-state index in [0.29, 0.717) is 0 Å². The summed E-state index contributed by atoms with van der Waals surface area (Å²) in [5.41, 5.74) is 10.6. The minimum Gasteiger partial charge on any atom is -0.369 e. The Balaban J connectivity index is 3.96. The number of rotatable bonds is 3. The van der Waals surface area contributed by atoms with Gasteiger partial charge in [-0.3, -0.25) is 5.41 Å². The van der Waals surface area contributed by atoms with Crippen LogP contribution in [0.25, 0.3) is 0 Å². The van der Waals surface area contributed by atoms with Crippen molar-refractivity contribution in [2.45, 2.75) is 0 Å². The molecule has 0 saturated heterocycles. The third kappa shape index (κ3) is 5.92. The van der Waals surface area contributed by atoms with Crippen LogP contribution in [0, 0.1) is 5.41 Å². The van der Waals surface area contributed by atoms with Crippen molar-refractivity contribution in [1.82, 2.24) is 9.80 Å². The minimum atomic E-state index is -0.269. The first-order chi connectivity index (χ1) is 5.93. The number of guanidine groups is 2. The molecule has 0 aromatic rings. The summed E-state index contributed by atoms with van der Waals surface area (Å²) in [6.07, 6.45) is 0. The van der Waals surface area contributed by atoms with Gasteiger partial charge >= 0.3 is 0 Å². The van der Waals surface area contributed by atoms with Crippen LogP contribution in [0.5, 0.6) is 0 Å². The molecule has 0 rings (SSSR count). The molecule has 0 amide bonds. The van der Waals surface area contributed by atoms with Crippen LogP contribution in [0.15, 0.2) is 4.99 Å². The molecule has 6 nitrogen and oxygen atoms in total. The second-order valence-electron chi connectivity index (χ2n) is 3.08. The van der Waals surface area contributed by atoms with Crippen molar-refractivity contribution >= 4 is 11.9 Å². The van der Waals surface area contributed by atoms with Gasteiger partial charge in [0, 0.05) is 20.1 Å². The Morgan fingerprint density at radius 1 is 1.23 bits per heavy atom. The normalized spacial score (nSPS) is 11.8. The smallest absolute Gasteiger partial charge is 0.215 e. The van der Waals surface area contributed by atoms with Crippen molar-refractivity contribution in [2.75, 3.05) is 34.2 Å². The highest BCUT2D eigenvalue weighted by molar-refractivity contribution is 5.91. The molecule has 0 aromatic carbocycles. The molecule has 5 N–H and O–H groups in total. The monoisotopic (exact) mass is 186 g/mol. The molecule has 0 aliphatic carbocycles. The lowest BCUT2D eigenvalue weighted by atomic mass is 10.5.